The van der Waals surface area contributed by atoms with E-state index in [2.05, 4.69) is 5.32 Å². The predicted octanol–water partition coefficient (Wildman–Crippen LogP) is 4.44. The molecule has 1 fully saturated rings. The lowest BCUT2D eigenvalue weighted by Gasteiger charge is -2.31. The highest BCUT2D eigenvalue weighted by molar-refractivity contribution is 6.31. The Morgan fingerprint density at radius 1 is 1.24 bits per heavy atom. The van der Waals surface area contributed by atoms with E-state index in [4.69, 9.17) is 21.1 Å². The maximum absolute atomic E-state index is 12.7. The van der Waals surface area contributed by atoms with Crippen LogP contribution in [0, 0.1) is 0 Å². The number of halogens is 4. The van der Waals surface area contributed by atoms with Gasteiger partial charge in [0.05, 0.1) is 23.8 Å². The molecule has 1 N–H and O–H groups in total. The molecule has 3 nitrogen and oxygen atoms in total. The van der Waals surface area contributed by atoms with Gasteiger partial charge in [-0.05, 0) is 37.6 Å². The van der Waals surface area contributed by atoms with Crippen molar-refractivity contribution in [3.8, 4) is 0 Å². The molecular formula is C14H15ClF3NO2. The lowest BCUT2D eigenvalue weighted by molar-refractivity contribution is -0.225. The molecule has 0 aliphatic carbocycles. The number of rotatable bonds is 2. The van der Waals surface area contributed by atoms with E-state index in [0.29, 0.717) is 18.9 Å². The minimum Gasteiger partial charge on any atom is -0.362 e. The first kappa shape index (κ1) is 16.1. The van der Waals surface area contributed by atoms with Gasteiger partial charge in [-0.3, -0.25) is 0 Å². The highest BCUT2D eigenvalue weighted by atomic mass is 35.5. The summed E-state index contributed by atoms with van der Waals surface area (Å²) in [6.07, 6.45) is -2.90. The van der Waals surface area contributed by atoms with Gasteiger partial charge in [-0.25, -0.2) is 0 Å². The fourth-order valence-corrected chi connectivity index (χ4v) is 1.94. The van der Waals surface area contributed by atoms with Crippen molar-refractivity contribution in [3.05, 3.63) is 40.6 Å². The molecule has 0 saturated carbocycles. The zero-order valence-electron chi connectivity index (χ0n) is 11.6. The lowest BCUT2D eigenvalue weighted by Crippen LogP contribution is -2.35. The number of ether oxygens (including phenoxy) is 2. The van der Waals surface area contributed by atoms with Crippen molar-refractivity contribution in [2.75, 3.05) is 18.5 Å². The zero-order valence-corrected chi connectivity index (χ0v) is 12.3. The standard InChI is InChI=1S/C14H15ClF3NO2/c1-13(2)20-7-9(8-21-13)6-19-10-3-4-12(15)11(5-10)14(16,17)18/h3-6,19H,7-8H2,1-2H3. The van der Waals surface area contributed by atoms with Crippen molar-refractivity contribution in [3.63, 3.8) is 0 Å². The molecule has 1 aliphatic heterocycles. The number of nitrogens with one attached hydrogen (secondary N) is 1. The lowest BCUT2D eigenvalue weighted by atomic mass is 10.2. The van der Waals surface area contributed by atoms with Crippen LogP contribution in [-0.2, 0) is 15.7 Å². The van der Waals surface area contributed by atoms with E-state index in [1.807, 2.05) is 0 Å². The highest BCUT2D eigenvalue weighted by Crippen LogP contribution is 2.36. The van der Waals surface area contributed by atoms with Gasteiger partial charge in [-0.1, -0.05) is 11.6 Å². The molecule has 0 spiro atoms. The first-order chi connectivity index (χ1) is 9.67. The SMILES string of the molecule is CC1(C)OCC(=CNc2ccc(Cl)c(C(F)(F)F)c2)CO1. The maximum atomic E-state index is 12.7. The zero-order chi connectivity index (χ0) is 15.7. The third-order valence-corrected chi connectivity index (χ3v) is 3.25. The number of hydrogen-bond acceptors (Lipinski definition) is 3. The number of alkyl halides is 3. The largest absolute Gasteiger partial charge is 0.417 e. The fraction of sp³-hybridized carbons (Fsp3) is 0.429. The van der Waals surface area contributed by atoms with Gasteiger partial charge in [0.1, 0.15) is 0 Å². The first-order valence-electron chi connectivity index (χ1n) is 6.26. The minimum absolute atomic E-state index is 0.295. The Morgan fingerprint density at radius 3 is 2.43 bits per heavy atom. The van der Waals surface area contributed by atoms with Crippen molar-refractivity contribution in [2.45, 2.75) is 25.8 Å². The second kappa shape index (κ2) is 5.87. The number of hydrogen-bond donors (Lipinski definition) is 1. The molecule has 2 rings (SSSR count). The predicted molar refractivity (Wildman–Crippen MR) is 74.1 cm³/mol. The monoisotopic (exact) mass is 321 g/mol. The van der Waals surface area contributed by atoms with E-state index >= 15 is 0 Å². The third kappa shape index (κ3) is 4.36. The van der Waals surface area contributed by atoms with Crippen LogP contribution in [0.15, 0.2) is 30.0 Å². The van der Waals surface area contributed by atoms with Gasteiger partial charge < -0.3 is 14.8 Å². The summed E-state index contributed by atoms with van der Waals surface area (Å²) in [6.45, 7) is 4.32. The summed E-state index contributed by atoms with van der Waals surface area (Å²) in [5.74, 6) is -0.638. The van der Waals surface area contributed by atoms with Crippen LogP contribution in [0.5, 0.6) is 0 Å². The normalized spacial score (nSPS) is 18.5. The first-order valence-corrected chi connectivity index (χ1v) is 6.64. The van der Waals surface area contributed by atoms with Gasteiger partial charge in [0.2, 0.25) is 0 Å². The molecule has 1 heterocycles. The van der Waals surface area contributed by atoms with Crippen LogP contribution in [0.25, 0.3) is 0 Å². The highest BCUT2D eigenvalue weighted by Gasteiger charge is 2.33. The average molecular weight is 322 g/mol. The van der Waals surface area contributed by atoms with Crippen molar-refractivity contribution in [2.24, 2.45) is 0 Å². The summed E-state index contributed by atoms with van der Waals surface area (Å²) in [5, 5.41) is 2.47. The van der Waals surface area contributed by atoms with Gasteiger partial charge in [-0.2, -0.15) is 13.2 Å². The molecule has 0 amide bonds. The quantitative estimate of drug-likeness (QED) is 0.873. The Balaban J connectivity index is 2.08. The molecular weight excluding hydrogens is 307 g/mol. The molecule has 7 heteroatoms. The molecule has 1 aromatic rings. The molecule has 1 aromatic carbocycles. The molecule has 21 heavy (non-hydrogen) atoms. The molecule has 0 radical (unpaired) electrons. The molecule has 0 unspecified atom stereocenters. The summed E-state index contributed by atoms with van der Waals surface area (Å²) in [4.78, 5) is 0. The Bertz CT molecular complexity index is 544. The number of benzene rings is 1. The smallest absolute Gasteiger partial charge is 0.362 e. The topological polar surface area (TPSA) is 30.5 Å². The summed E-state index contributed by atoms with van der Waals surface area (Å²) in [7, 11) is 0. The molecule has 1 aliphatic rings. The molecule has 1 saturated heterocycles. The summed E-state index contributed by atoms with van der Waals surface area (Å²) < 4.78 is 49.1. The third-order valence-electron chi connectivity index (χ3n) is 2.93. The van der Waals surface area contributed by atoms with E-state index in [0.717, 1.165) is 11.6 Å². The van der Waals surface area contributed by atoms with Gasteiger partial charge >= 0.3 is 6.18 Å². The van der Waals surface area contributed by atoms with E-state index in [1.165, 1.54) is 12.1 Å². The van der Waals surface area contributed by atoms with E-state index in [-0.39, 0.29) is 5.02 Å². The van der Waals surface area contributed by atoms with Crippen LogP contribution in [-0.4, -0.2) is 19.0 Å². The van der Waals surface area contributed by atoms with Crippen LogP contribution in [0.4, 0.5) is 18.9 Å². The van der Waals surface area contributed by atoms with Gasteiger partial charge in [0.15, 0.2) is 5.79 Å². The summed E-state index contributed by atoms with van der Waals surface area (Å²) in [6, 6.07) is 3.65. The molecule has 0 aromatic heterocycles. The van der Waals surface area contributed by atoms with Gasteiger partial charge in [0.25, 0.3) is 0 Å². The van der Waals surface area contributed by atoms with Crippen LogP contribution >= 0.6 is 11.6 Å². The van der Waals surface area contributed by atoms with Gasteiger partial charge in [-0.15, -0.1) is 0 Å². The molecule has 116 valence electrons. The molecule has 0 atom stereocenters. The van der Waals surface area contributed by atoms with E-state index < -0.39 is 17.5 Å². The summed E-state index contributed by atoms with van der Waals surface area (Å²) >= 11 is 5.56. The fourth-order valence-electron chi connectivity index (χ4n) is 1.72. The van der Waals surface area contributed by atoms with Crippen LogP contribution < -0.4 is 5.32 Å². The van der Waals surface area contributed by atoms with E-state index in [1.54, 1.807) is 20.0 Å². The average Bonchev–Trinajstić information content (AvgIpc) is 2.38. The Kier molecular flexibility index (Phi) is 4.51. The van der Waals surface area contributed by atoms with Crippen molar-refractivity contribution in [1.29, 1.82) is 0 Å². The van der Waals surface area contributed by atoms with Crippen LogP contribution in [0.2, 0.25) is 5.02 Å². The van der Waals surface area contributed by atoms with Gasteiger partial charge in [0, 0.05) is 11.9 Å². The van der Waals surface area contributed by atoms with E-state index in [9.17, 15) is 13.2 Å². The second-order valence-corrected chi connectivity index (χ2v) is 5.52. The van der Waals surface area contributed by atoms with Crippen molar-refractivity contribution < 1.29 is 22.6 Å². The molecule has 0 bridgehead atoms. The van der Waals surface area contributed by atoms with Crippen LogP contribution in [0.1, 0.15) is 19.4 Å². The minimum atomic E-state index is -4.48. The Hall–Kier alpha value is -1.24. The van der Waals surface area contributed by atoms with Crippen molar-refractivity contribution in [1.82, 2.24) is 0 Å². The maximum Gasteiger partial charge on any atom is 0.417 e. The summed E-state index contributed by atoms with van der Waals surface area (Å²) in [5.41, 5.74) is 0.228. The second-order valence-electron chi connectivity index (χ2n) is 5.12. The van der Waals surface area contributed by atoms with Crippen LogP contribution in [0.3, 0.4) is 0 Å². The number of anilines is 1. The Morgan fingerprint density at radius 2 is 1.86 bits per heavy atom. The van der Waals surface area contributed by atoms with Crippen molar-refractivity contribution >= 4 is 17.3 Å². The Labute approximate surface area is 125 Å².